The van der Waals surface area contributed by atoms with Crippen LogP contribution in [0.3, 0.4) is 0 Å². The summed E-state index contributed by atoms with van der Waals surface area (Å²) in [6.45, 7) is 1.60. The fraction of sp³-hybridized carbons (Fsp3) is 0.909. The van der Waals surface area contributed by atoms with Gasteiger partial charge in [0.05, 0.1) is 0 Å². The van der Waals surface area contributed by atoms with Crippen molar-refractivity contribution in [1.82, 2.24) is 9.03 Å². The molecule has 1 heterocycles. The molecule has 1 saturated heterocycles. The lowest BCUT2D eigenvalue weighted by atomic mass is 10.2. The van der Waals surface area contributed by atoms with Crippen LogP contribution >= 0.6 is 0 Å². The number of hydrogen-bond acceptors (Lipinski definition) is 3. The molecular weight excluding hydrogens is 256 g/mol. The number of carboxylic acids is 1. The number of hydrogen-bond donors (Lipinski definition) is 2. The molecule has 0 aromatic rings. The molecule has 7 heteroatoms. The average molecular weight is 278 g/mol. The lowest BCUT2D eigenvalue weighted by Crippen LogP contribution is -2.43. The summed E-state index contributed by atoms with van der Waals surface area (Å²) in [5.74, 6) is -0.802. The van der Waals surface area contributed by atoms with Crippen molar-refractivity contribution in [3.63, 3.8) is 0 Å². The lowest BCUT2D eigenvalue weighted by Gasteiger charge is -2.25. The molecule has 0 amide bonds. The van der Waals surface area contributed by atoms with Gasteiger partial charge >= 0.3 is 5.97 Å². The molecule has 0 spiro atoms. The molecule has 1 fully saturated rings. The summed E-state index contributed by atoms with van der Waals surface area (Å²) >= 11 is 0. The van der Waals surface area contributed by atoms with Crippen LogP contribution in [0.15, 0.2) is 0 Å². The van der Waals surface area contributed by atoms with E-state index >= 15 is 0 Å². The highest BCUT2D eigenvalue weighted by Crippen LogP contribution is 2.11. The van der Waals surface area contributed by atoms with Crippen molar-refractivity contribution >= 4 is 16.2 Å². The second-order valence-electron chi connectivity index (χ2n) is 4.56. The molecule has 1 aliphatic heterocycles. The fourth-order valence-electron chi connectivity index (χ4n) is 1.98. The number of unbranched alkanes of at least 4 members (excludes halogenated alkanes) is 2. The molecule has 106 valence electrons. The Bertz CT molecular complexity index is 350. The van der Waals surface area contributed by atoms with Crippen molar-refractivity contribution in [2.45, 2.75) is 44.9 Å². The summed E-state index contributed by atoms with van der Waals surface area (Å²) < 4.78 is 27.8. The first-order valence-electron chi connectivity index (χ1n) is 6.49. The molecule has 1 aliphatic rings. The van der Waals surface area contributed by atoms with Crippen molar-refractivity contribution in [1.29, 1.82) is 0 Å². The SMILES string of the molecule is O=C(O)CCCCCNS(=O)(=O)N1CCCCC1. The molecule has 0 aromatic carbocycles. The number of carboxylic acid groups (broad SMARTS) is 1. The van der Waals surface area contributed by atoms with E-state index in [4.69, 9.17) is 5.11 Å². The molecule has 6 nitrogen and oxygen atoms in total. The topological polar surface area (TPSA) is 86.7 Å². The van der Waals surface area contributed by atoms with E-state index in [1.165, 1.54) is 4.31 Å². The van der Waals surface area contributed by atoms with Gasteiger partial charge in [-0.1, -0.05) is 12.8 Å². The lowest BCUT2D eigenvalue weighted by molar-refractivity contribution is -0.137. The van der Waals surface area contributed by atoms with Gasteiger partial charge in [-0.15, -0.1) is 0 Å². The predicted molar refractivity (Wildman–Crippen MR) is 68.5 cm³/mol. The van der Waals surface area contributed by atoms with Crippen molar-refractivity contribution in [2.75, 3.05) is 19.6 Å². The first kappa shape index (κ1) is 15.4. The number of nitrogens with zero attached hydrogens (tertiary/aromatic N) is 1. The largest absolute Gasteiger partial charge is 0.481 e. The van der Waals surface area contributed by atoms with Crippen LogP contribution in [0.1, 0.15) is 44.9 Å². The van der Waals surface area contributed by atoms with Gasteiger partial charge in [-0.25, -0.2) is 4.72 Å². The minimum absolute atomic E-state index is 0.152. The van der Waals surface area contributed by atoms with Gasteiger partial charge in [0.2, 0.25) is 0 Å². The van der Waals surface area contributed by atoms with Gasteiger partial charge in [0, 0.05) is 26.1 Å². The zero-order chi connectivity index (χ0) is 13.4. The van der Waals surface area contributed by atoms with E-state index < -0.39 is 16.2 Å². The molecule has 0 aliphatic carbocycles. The number of carbonyl (C=O) groups is 1. The number of aliphatic carboxylic acids is 1. The summed E-state index contributed by atoms with van der Waals surface area (Å²) in [7, 11) is -3.32. The van der Waals surface area contributed by atoms with E-state index in [-0.39, 0.29) is 6.42 Å². The van der Waals surface area contributed by atoms with Crippen LogP contribution in [0.2, 0.25) is 0 Å². The highest BCUT2D eigenvalue weighted by atomic mass is 32.2. The molecule has 0 bridgehead atoms. The Balaban J connectivity index is 2.15. The van der Waals surface area contributed by atoms with Crippen LogP contribution in [0.4, 0.5) is 0 Å². The van der Waals surface area contributed by atoms with Gasteiger partial charge in [-0.05, 0) is 25.7 Å². The number of piperidine rings is 1. The van der Waals surface area contributed by atoms with Gasteiger partial charge in [-0.2, -0.15) is 12.7 Å². The van der Waals surface area contributed by atoms with Crippen LogP contribution in [-0.4, -0.2) is 43.4 Å². The van der Waals surface area contributed by atoms with Crippen molar-refractivity contribution in [2.24, 2.45) is 0 Å². The Morgan fingerprint density at radius 1 is 1.11 bits per heavy atom. The minimum Gasteiger partial charge on any atom is -0.481 e. The Labute approximate surface area is 109 Å². The summed E-state index contributed by atoms with van der Waals surface area (Å²) in [5.41, 5.74) is 0. The Morgan fingerprint density at radius 3 is 2.39 bits per heavy atom. The van der Waals surface area contributed by atoms with E-state index in [9.17, 15) is 13.2 Å². The van der Waals surface area contributed by atoms with Crippen molar-refractivity contribution in [3.8, 4) is 0 Å². The standard InChI is InChI=1S/C11H22N2O4S/c14-11(15)7-3-1-4-8-12-18(16,17)13-9-5-2-6-10-13/h12H,1-10H2,(H,14,15). The molecule has 0 atom stereocenters. The van der Waals surface area contributed by atoms with Gasteiger partial charge in [0.15, 0.2) is 0 Å². The second-order valence-corrected chi connectivity index (χ2v) is 6.32. The Hall–Kier alpha value is -0.660. The summed E-state index contributed by atoms with van der Waals surface area (Å²) in [4.78, 5) is 10.3. The molecule has 1 rings (SSSR count). The molecule has 2 N–H and O–H groups in total. The highest BCUT2D eigenvalue weighted by molar-refractivity contribution is 7.87. The minimum atomic E-state index is -3.32. The van der Waals surface area contributed by atoms with Crippen LogP contribution in [0.25, 0.3) is 0 Å². The molecule has 0 aromatic heterocycles. The van der Waals surface area contributed by atoms with Gasteiger partial charge in [0.1, 0.15) is 0 Å². The van der Waals surface area contributed by atoms with E-state index in [1.807, 2.05) is 0 Å². The maximum Gasteiger partial charge on any atom is 0.303 e. The predicted octanol–water partition coefficient (Wildman–Crippen LogP) is 0.952. The van der Waals surface area contributed by atoms with Crippen LogP contribution < -0.4 is 4.72 Å². The quantitative estimate of drug-likeness (QED) is 0.647. The van der Waals surface area contributed by atoms with E-state index in [0.29, 0.717) is 32.5 Å². The maximum atomic E-state index is 11.8. The molecule has 0 unspecified atom stereocenters. The average Bonchev–Trinajstić information content (AvgIpc) is 2.34. The normalized spacial score (nSPS) is 17.8. The third-order valence-corrected chi connectivity index (χ3v) is 4.62. The monoisotopic (exact) mass is 278 g/mol. The van der Waals surface area contributed by atoms with Crippen LogP contribution in [0.5, 0.6) is 0 Å². The summed E-state index contributed by atoms with van der Waals surface area (Å²) in [5, 5.41) is 8.45. The summed E-state index contributed by atoms with van der Waals surface area (Å²) in [6, 6.07) is 0. The van der Waals surface area contributed by atoms with Crippen molar-refractivity contribution in [3.05, 3.63) is 0 Å². The zero-order valence-electron chi connectivity index (χ0n) is 10.6. The molecule has 0 saturated carbocycles. The van der Waals surface area contributed by atoms with Crippen LogP contribution in [0, 0.1) is 0 Å². The third kappa shape index (κ3) is 5.79. The first-order chi connectivity index (χ1) is 8.52. The van der Waals surface area contributed by atoms with Crippen LogP contribution in [-0.2, 0) is 15.0 Å². The van der Waals surface area contributed by atoms with E-state index in [1.54, 1.807) is 0 Å². The molecular formula is C11H22N2O4S. The highest BCUT2D eigenvalue weighted by Gasteiger charge is 2.22. The van der Waals surface area contributed by atoms with Crippen molar-refractivity contribution < 1.29 is 18.3 Å². The van der Waals surface area contributed by atoms with Gasteiger partial charge in [0.25, 0.3) is 10.2 Å². The fourth-order valence-corrected chi connectivity index (χ4v) is 3.30. The maximum absolute atomic E-state index is 11.8. The van der Waals surface area contributed by atoms with Gasteiger partial charge in [-0.3, -0.25) is 4.79 Å². The first-order valence-corrected chi connectivity index (χ1v) is 7.93. The Morgan fingerprint density at radius 2 is 1.78 bits per heavy atom. The molecule has 18 heavy (non-hydrogen) atoms. The number of rotatable bonds is 8. The van der Waals surface area contributed by atoms with E-state index in [2.05, 4.69) is 4.72 Å². The smallest absolute Gasteiger partial charge is 0.303 e. The number of nitrogens with one attached hydrogen (secondary N) is 1. The summed E-state index contributed by atoms with van der Waals surface area (Å²) in [6.07, 6.45) is 5.12. The third-order valence-electron chi connectivity index (χ3n) is 3.01. The second kappa shape index (κ2) is 7.70. The molecule has 0 radical (unpaired) electrons. The Kier molecular flexibility index (Phi) is 6.59. The van der Waals surface area contributed by atoms with Gasteiger partial charge < -0.3 is 5.11 Å². The zero-order valence-corrected chi connectivity index (χ0v) is 11.4. The van der Waals surface area contributed by atoms with E-state index in [0.717, 1.165) is 25.7 Å².